The lowest BCUT2D eigenvalue weighted by atomic mass is 10.2. The Morgan fingerprint density at radius 3 is 1.89 bits per heavy atom. The fourth-order valence-electron chi connectivity index (χ4n) is 1.25. The van der Waals surface area contributed by atoms with Gasteiger partial charge in [0, 0.05) is 13.7 Å². The van der Waals surface area contributed by atoms with Crippen LogP contribution in [0.4, 0.5) is 0 Å². The summed E-state index contributed by atoms with van der Waals surface area (Å²) in [4.78, 5) is 30.9. The van der Waals surface area contributed by atoms with Gasteiger partial charge in [-0.3, -0.25) is 4.55 Å². The topological polar surface area (TPSA) is 143 Å². The van der Waals surface area contributed by atoms with Gasteiger partial charge in [0.1, 0.15) is 0 Å². The molecule has 0 aliphatic carbocycles. The van der Waals surface area contributed by atoms with Crippen LogP contribution in [0.5, 0.6) is 0 Å². The Labute approximate surface area is 103 Å². The van der Waals surface area contributed by atoms with Crippen LogP contribution in [0.1, 0.15) is 5.56 Å². The second-order valence-corrected chi connectivity index (χ2v) is 6.49. The monoisotopic (exact) mass is 293 g/mol. The minimum absolute atomic E-state index is 0.0304. The average molecular weight is 293 g/mol. The van der Waals surface area contributed by atoms with Gasteiger partial charge < -0.3 is 0 Å². The highest BCUT2D eigenvalue weighted by Gasteiger charge is 2.32. The molecule has 0 spiro atoms. The molecule has 0 saturated carbocycles. The van der Waals surface area contributed by atoms with Gasteiger partial charge in [-0.1, -0.05) is 0 Å². The fraction of sp³-hybridized carbons (Fsp3) is 0.143. The summed E-state index contributed by atoms with van der Waals surface area (Å²) in [7, 11) is -8.07. The number of rotatable bonds is 5. The number of benzene rings is 1. The molecule has 0 atom stereocenters. The third kappa shape index (κ3) is 2.42. The zero-order valence-corrected chi connectivity index (χ0v) is 10.5. The van der Waals surface area contributed by atoms with Crippen molar-refractivity contribution in [2.75, 3.05) is 0 Å². The van der Waals surface area contributed by atoms with Crippen molar-refractivity contribution in [3.05, 3.63) is 38.5 Å². The summed E-state index contributed by atoms with van der Waals surface area (Å²) in [6, 6.07) is 2.96. The molecule has 0 saturated heterocycles. The zero-order chi connectivity index (χ0) is 14.0. The SMILES string of the molecule is Cc1cc(S(N=O)(N=O)N=O)ccc1S(=O)(=O)O. The molecule has 0 fully saturated rings. The first-order chi connectivity index (χ1) is 8.30. The Balaban J connectivity index is 3.49. The lowest BCUT2D eigenvalue weighted by Crippen LogP contribution is -2.01. The van der Waals surface area contributed by atoms with Gasteiger partial charge in [-0.25, -0.2) is 0 Å². The molecule has 0 heterocycles. The second kappa shape index (κ2) is 4.88. The third-order valence-electron chi connectivity index (χ3n) is 2.05. The standard InChI is InChI=1S/C7H7N3O6S2/c1-5-4-6(17(8-11,9-12)10-13)2-3-7(5)18(14,15)16/h2-4H,1H3,(H,14,15,16). The molecule has 0 aromatic heterocycles. The maximum atomic E-state index is 10.9. The molecule has 0 aliphatic rings. The molecule has 98 valence electrons. The van der Waals surface area contributed by atoms with Crippen LogP contribution in [-0.4, -0.2) is 13.0 Å². The first kappa shape index (κ1) is 14.3. The predicted molar refractivity (Wildman–Crippen MR) is 64.2 cm³/mol. The normalized spacial score (nSPS) is 12.8. The van der Waals surface area contributed by atoms with Crippen LogP contribution in [-0.2, 0) is 10.1 Å². The number of hydrogen-bond donors (Lipinski definition) is 1. The van der Waals surface area contributed by atoms with Crippen molar-refractivity contribution < 1.29 is 13.0 Å². The highest BCUT2D eigenvalue weighted by Crippen LogP contribution is 2.59. The summed E-state index contributed by atoms with van der Waals surface area (Å²) in [6.45, 7) is 1.30. The first-order valence-electron chi connectivity index (χ1n) is 4.26. The van der Waals surface area contributed by atoms with Crippen LogP contribution in [0.25, 0.3) is 0 Å². The van der Waals surface area contributed by atoms with Crippen LogP contribution in [0, 0.1) is 21.6 Å². The summed E-state index contributed by atoms with van der Waals surface area (Å²) < 4.78 is 37.7. The molecule has 0 unspecified atom stereocenters. The number of nitroso groups, excluding NO2 is 3. The van der Waals surface area contributed by atoms with E-state index in [0.717, 1.165) is 18.2 Å². The Morgan fingerprint density at radius 2 is 1.56 bits per heavy atom. The van der Waals surface area contributed by atoms with Crippen LogP contribution >= 0.6 is 10.6 Å². The highest BCUT2D eigenvalue weighted by molar-refractivity contribution is 8.30. The van der Waals surface area contributed by atoms with Gasteiger partial charge in [0.25, 0.3) is 10.1 Å². The van der Waals surface area contributed by atoms with Gasteiger partial charge in [-0.2, -0.15) is 8.42 Å². The summed E-state index contributed by atoms with van der Waals surface area (Å²) >= 11 is 0. The van der Waals surface area contributed by atoms with Crippen LogP contribution in [0.2, 0.25) is 0 Å². The third-order valence-corrected chi connectivity index (χ3v) is 4.58. The summed E-state index contributed by atoms with van der Waals surface area (Å²) in [5, 5.41) is 0. The smallest absolute Gasteiger partial charge is 0.282 e. The van der Waals surface area contributed by atoms with E-state index in [1.807, 2.05) is 0 Å². The van der Waals surface area contributed by atoms with E-state index in [-0.39, 0.29) is 10.5 Å². The van der Waals surface area contributed by atoms with Gasteiger partial charge in [0.2, 0.25) is 0 Å². The Bertz CT molecular complexity index is 592. The molecule has 1 rings (SSSR count). The molecule has 11 heteroatoms. The van der Waals surface area contributed by atoms with Crippen molar-refractivity contribution >= 4 is 20.7 Å². The fourth-order valence-corrected chi connectivity index (χ4v) is 2.88. The minimum Gasteiger partial charge on any atom is -0.282 e. The van der Waals surface area contributed by atoms with E-state index in [2.05, 4.69) is 13.7 Å². The molecule has 0 radical (unpaired) electrons. The Hall–Kier alpha value is -1.72. The maximum Gasteiger partial charge on any atom is 0.294 e. The average Bonchev–Trinajstić information content (AvgIpc) is 2.30. The lowest BCUT2D eigenvalue weighted by molar-refractivity contribution is 0.482. The molecule has 1 N–H and O–H groups in total. The molecule has 0 amide bonds. The molecule has 1 aromatic rings. The van der Waals surface area contributed by atoms with E-state index in [9.17, 15) is 23.1 Å². The maximum absolute atomic E-state index is 10.9. The molecule has 1 aromatic carbocycles. The van der Waals surface area contributed by atoms with E-state index in [4.69, 9.17) is 4.55 Å². The summed E-state index contributed by atoms with van der Waals surface area (Å²) in [5.74, 6) is 0. The van der Waals surface area contributed by atoms with Crippen LogP contribution < -0.4 is 0 Å². The van der Waals surface area contributed by atoms with Crippen molar-refractivity contribution in [1.29, 1.82) is 0 Å². The van der Waals surface area contributed by atoms with Gasteiger partial charge in [-0.15, -0.1) is 14.7 Å². The van der Waals surface area contributed by atoms with E-state index in [1.54, 1.807) is 0 Å². The Kier molecular flexibility index (Phi) is 3.88. The van der Waals surface area contributed by atoms with Crippen LogP contribution in [0.15, 0.2) is 41.7 Å². The van der Waals surface area contributed by atoms with E-state index in [0.29, 0.717) is 0 Å². The number of nitrogens with zero attached hydrogens (tertiary/aromatic N) is 3. The highest BCUT2D eigenvalue weighted by atomic mass is 32.3. The van der Waals surface area contributed by atoms with Crippen molar-refractivity contribution in [3.63, 3.8) is 0 Å². The van der Waals surface area contributed by atoms with E-state index < -0.39 is 25.6 Å². The molecular weight excluding hydrogens is 286 g/mol. The summed E-state index contributed by atoms with van der Waals surface area (Å²) in [6.07, 6.45) is 0. The van der Waals surface area contributed by atoms with Gasteiger partial charge in [0.15, 0.2) is 10.6 Å². The second-order valence-electron chi connectivity index (χ2n) is 3.14. The van der Waals surface area contributed by atoms with Crippen molar-refractivity contribution in [1.82, 2.24) is 0 Å². The van der Waals surface area contributed by atoms with E-state index >= 15 is 0 Å². The van der Waals surface area contributed by atoms with Crippen molar-refractivity contribution in [2.24, 2.45) is 13.7 Å². The number of hydrogen-bond acceptors (Lipinski definition) is 8. The zero-order valence-electron chi connectivity index (χ0n) is 8.88. The molecule has 0 aliphatic heterocycles. The van der Waals surface area contributed by atoms with Gasteiger partial charge >= 0.3 is 0 Å². The van der Waals surface area contributed by atoms with Gasteiger partial charge in [-0.05, 0) is 30.7 Å². The van der Waals surface area contributed by atoms with Crippen molar-refractivity contribution in [2.45, 2.75) is 16.7 Å². The van der Waals surface area contributed by atoms with Crippen LogP contribution in [0.3, 0.4) is 0 Å². The molecule has 9 nitrogen and oxygen atoms in total. The van der Waals surface area contributed by atoms with Gasteiger partial charge in [0.05, 0.1) is 9.79 Å². The predicted octanol–water partition coefficient (Wildman–Crippen LogP) is 2.45. The molecule has 0 bridgehead atoms. The minimum atomic E-state index is -4.43. The van der Waals surface area contributed by atoms with Crippen molar-refractivity contribution in [3.8, 4) is 0 Å². The quantitative estimate of drug-likeness (QED) is 0.652. The molecular formula is C7H7N3O6S2. The largest absolute Gasteiger partial charge is 0.294 e. The summed E-state index contributed by atoms with van der Waals surface area (Å²) in [5.41, 5.74) is 0.0304. The number of aryl methyl sites for hydroxylation is 1. The molecule has 18 heavy (non-hydrogen) atoms. The van der Waals surface area contributed by atoms with E-state index in [1.165, 1.54) is 6.92 Å². The first-order valence-corrected chi connectivity index (χ1v) is 7.20. The Morgan fingerprint density at radius 1 is 1.06 bits per heavy atom. The lowest BCUT2D eigenvalue weighted by Gasteiger charge is -2.14.